The summed E-state index contributed by atoms with van der Waals surface area (Å²) < 4.78 is 4.92. The lowest BCUT2D eigenvalue weighted by atomic mass is 10.4. The van der Waals surface area contributed by atoms with Crippen LogP contribution in [0.15, 0.2) is 16.5 Å². The molecule has 5 heteroatoms. The summed E-state index contributed by atoms with van der Waals surface area (Å²) in [6, 6.07) is 2.97. The normalized spacial score (nSPS) is 15.0. The molecule has 1 aliphatic carbocycles. The van der Waals surface area contributed by atoms with Gasteiger partial charge in [-0.05, 0) is 25.0 Å². The molecule has 0 aromatic carbocycles. The number of carboxylic acid groups (broad SMARTS) is 1. The fraction of sp³-hybridized carbons (Fsp3) is 0.400. The van der Waals surface area contributed by atoms with E-state index < -0.39 is 5.97 Å². The number of amides is 1. The van der Waals surface area contributed by atoms with Crippen LogP contribution in [0.25, 0.3) is 0 Å². The molecule has 15 heavy (non-hydrogen) atoms. The molecule has 1 aliphatic rings. The fourth-order valence-electron chi connectivity index (χ4n) is 1.37. The van der Waals surface area contributed by atoms with Gasteiger partial charge in [-0.2, -0.15) is 0 Å². The quantitative estimate of drug-likeness (QED) is 0.812. The number of nitrogens with zero attached hydrogens (tertiary/aromatic N) is 1. The Bertz CT molecular complexity index is 405. The summed E-state index contributed by atoms with van der Waals surface area (Å²) in [5.74, 6) is -1.54. The predicted molar refractivity (Wildman–Crippen MR) is 50.8 cm³/mol. The summed E-state index contributed by atoms with van der Waals surface area (Å²) in [5, 5.41) is 8.62. The SMILES string of the molecule is CN(C(=O)c1ccc(C(=O)O)o1)C1CC1. The maximum absolute atomic E-state index is 11.7. The summed E-state index contributed by atoms with van der Waals surface area (Å²) in [5.41, 5.74) is 0. The predicted octanol–water partition coefficient (Wildman–Crippen LogP) is 1.21. The highest BCUT2D eigenvalue weighted by Gasteiger charge is 2.31. The third-order valence-electron chi connectivity index (χ3n) is 2.44. The molecular formula is C10H11NO4. The minimum atomic E-state index is -1.16. The maximum atomic E-state index is 11.7. The van der Waals surface area contributed by atoms with Crippen molar-refractivity contribution in [3.05, 3.63) is 23.7 Å². The zero-order valence-corrected chi connectivity index (χ0v) is 8.27. The summed E-state index contributed by atoms with van der Waals surface area (Å²) in [7, 11) is 1.70. The molecule has 1 aromatic heterocycles. The number of carbonyl (C=O) groups excluding carboxylic acids is 1. The van der Waals surface area contributed by atoms with Crippen LogP contribution in [0.4, 0.5) is 0 Å². The third-order valence-corrected chi connectivity index (χ3v) is 2.44. The van der Waals surface area contributed by atoms with E-state index >= 15 is 0 Å². The highest BCUT2D eigenvalue weighted by Crippen LogP contribution is 2.26. The fourth-order valence-corrected chi connectivity index (χ4v) is 1.37. The van der Waals surface area contributed by atoms with Gasteiger partial charge in [0.1, 0.15) is 0 Å². The van der Waals surface area contributed by atoms with E-state index in [0.717, 1.165) is 12.8 Å². The van der Waals surface area contributed by atoms with Crippen molar-refractivity contribution in [3.63, 3.8) is 0 Å². The van der Waals surface area contributed by atoms with Gasteiger partial charge in [-0.3, -0.25) is 4.79 Å². The first-order valence-electron chi connectivity index (χ1n) is 4.70. The van der Waals surface area contributed by atoms with Gasteiger partial charge in [-0.15, -0.1) is 0 Å². The van der Waals surface area contributed by atoms with Crippen molar-refractivity contribution in [1.82, 2.24) is 4.90 Å². The van der Waals surface area contributed by atoms with E-state index in [1.165, 1.54) is 12.1 Å². The van der Waals surface area contributed by atoms with Crippen molar-refractivity contribution >= 4 is 11.9 Å². The second-order valence-corrected chi connectivity index (χ2v) is 3.62. The van der Waals surface area contributed by atoms with E-state index in [4.69, 9.17) is 9.52 Å². The van der Waals surface area contributed by atoms with Gasteiger partial charge in [0.2, 0.25) is 5.76 Å². The molecule has 1 amide bonds. The van der Waals surface area contributed by atoms with Crippen molar-refractivity contribution in [2.24, 2.45) is 0 Å². The summed E-state index contributed by atoms with van der Waals surface area (Å²) >= 11 is 0. The van der Waals surface area contributed by atoms with Crippen LogP contribution >= 0.6 is 0 Å². The van der Waals surface area contributed by atoms with Gasteiger partial charge in [0.25, 0.3) is 5.91 Å². The van der Waals surface area contributed by atoms with E-state index in [-0.39, 0.29) is 23.5 Å². The number of aromatic carboxylic acids is 1. The first kappa shape index (κ1) is 9.76. The minimum absolute atomic E-state index is 0.0850. The van der Waals surface area contributed by atoms with Crippen LogP contribution in [0.3, 0.4) is 0 Å². The van der Waals surface area contributed by atoms with Crippen LogP contribution in [0.1, 0.15) is 34.0 Å². The van der Waals surface area contributed by atoms with Gasteiger partial charge in [0, 0.05) is 13.1 Å². The number of carboxylic acids is 1. The second kappa shape index (κ2) is 3.42. The van der Waals surface area contributed by atoms with Gasteiger partial charge in [-0.1, -0.05) is 0 Å². The Kier molecular flexibility index (Phi) is 2.22. The molecule has 0 atom stereocenters. The van der Waals surface area contributed by atoms with E-state index in [0.29, 0.717) is 0 Å². The van der Waals surface area contributed by atoms with Gasteiger partial charge < -0.3 is 14.4 Å². The monoisotopic (exact) mass is 209 g/mol. The molecule has 2 rings (SSSR count). The van der Waals surface area contributed by atoms with Crippen molar-refractivity contribution < 1.29 is 19.1 Å². The van der Waals surface area contributed by atoms with Crippen LogP contribution in [0, 0.1) is 0 Å². The van der Waals surface area contributed by atoms with Crippen LogP contribution in [-0.4, -0.2) is 35.0 Å². The van der Waals surface area contributed by atoms with Crippen LogP contribution in [0.5, 0.6) is 0 Å². The lowest BCUT2D eigenvalue weighted by Crippen LogP contribution is -2.28. The minimum Gasteiger partial charge on any atom is -0.475 e. The molecule has 80 valence electrons. The molecule has 5 nitrogen and oxygen atoms in total. The molecule has 1 fully saturated rings. The highest BCUT2D eigenvalue weighted by atomic mass is 16.4. The lowest BCUT2D eigenvalue weighted by molar-refractivity contribution is 0.0653. The van der Waals surface area contributed by atoms with Crippen LogP contribution in [-0.2, 0) is 0 Å². The molecule has 1 heterocycles. The topological polar surface area (TPSA) is 70.8 Å². The van der Waals surface area contributed by atoms with Crippen molar-refractivity contribution in [1.29, 1.82) is 0 Å². The summed E-state index contributed by atoms with van der Waals surface area (Å²) in [6.45, 7) is 0. The second-order valence-electron chi connectivity index (χ2n) is 3.62. The zero-order valence-electron chi connectivity index (χ0n) is 8.27. The number of hydrogen-bond acceptors (Lipinski definition) is 3. The summed E-state index contributed by atoms with van der Waals surface area (Å²) in [4.78, 5) is 23.8. The van der Waals surface area contributed by atoms with Gasteiger partial charge in [0.15, 0.2) is 5.76 Å². The van der Waals surface area contributed by atoms with Gasteiger partial charge in [0.05, 0.1) is 0 Å². The van der Waals surface area contributed by atoms with Crippen LogP contribution < -0.4 is 0 Å². The Balaban J connectivity index is 2.14. The molecule has 0 radical (unpaired) electrons. The Morgan fingerprint density at radius 3 is 2.47 bits per heavy atom. The summed E-state index contributed by atoms with van der Waals surface area (Å²) in [6.07, 6.45) is 2.02. The third kappa shape index (κ3) is 1.86. The van der Waals surface area contributed by atoms with E-state index in [1.807, 2.05) is 0 Å². The molecule has 0 unspecified atom stereocenters. The molecule has 1 N–H and O–H groups in total. The Morgan fingerprint density at radius 2 is 2.00 bits per heavy atom. The first-order chi connectivity index (χ1) is 7.09. The van der Waals surface area contributed by atoms with Gasteiger partial charge in [-0.25, -0.2) is 4.79 Å². The van der Waals surface area contributed by atoms with Crippen molar-refractivity contribution in [2.45, 2.75) is 18.9 Å². The largest absolute Gasteiger partial charge is 0.475 e. The highest BCUT2D eigenvalue weighted by molar-refractivity contribution is 5.93. The van der Waals surface area contributed by atoms with E-state index in [1.54, 1.807) is 11.9 Å². The molecule has 0 saturated heterocycles. The van der Waals surface area contributed by atoms with E-state index in [2.05, 4.69) is 0 Å². The van der Waals surface area contributed by atoms with E-state index in [9.17, 15) is 9.59 Å². The van der Waals surface area contributed by atoms with Crippen LogP contribution in [0.2, 0.25) is 0 Å². The Labute approximate surface area is 86.3 Å². The molecule has 1 aromatic rings. The van der Waals surface area contributed by atoms with Gasteiger partial charge >= 0.3 is 5.97 Å². The molecule has 0 spiro atoms. The zero-order chi connectivity index (χ0) is 11.0. The number of carbonyl (C=O) groups is 2. The maximum Gasteiger partial charge on any atom is 0.371 e. The number of hydrogen-bond donors (Lipinski definition) is 1. The smallest absolute Gasteiger partial charge is 0.371 e. The molecule has 1 saturated carbocycles. The average molecular weight is 209 g/mol. The lowest BCUT2D eigenvalue weighted by Gasteiger charge is -2.13. The Hall–Kier alpha value is -1.78. The number of rotatable bonds is 3. The molecule has 0 bridgehead atoms. The molecular weight excluding hydrogens is 198 g/mol. The Morgan fingerprint density at radius 1 is 1.40 bits per heavy atom. The first-order valence-corrected chi connectivity index (χ1v) is 4.70. The van der Waals surface area contributed by atoms with Crippen molar-refractivity contribution in [2.75, 3.05) is 7.05 Å². The average Bonchev–Trinajstić information content (AvgIpc) is 2.93. The molecule has 0 aliphatic heterocycles. The number of furan rings is 1. The standard InChI is InChI=1S/C10H11NO4/c1-11(6-2-3-6)9(12)7-4-5-8(15-7)10(13)14/h4-6H,2-3H2,1H3,(H,13,14). The van der Waals surface area contributed by atoms with Crippen molar-refractivity contribution in [3.8, 4) is 0 Å².